The van der Waals surface area contributed by atoms with E-state index in [2.05, 4.69) is 20.4 Å². The number of halogens is 3. The van der Waals surface area contributed by atoms with Crippen LogP contribution in [0.4, 0.5) is 19.0 Å². The number of anilines is 1. The summed E-state index contributed by atoms with van der Waals surface area (Å²) >= 11 is 0. The van der Waals surface area contributed by atoms with Crippen molar-refractivity contribution >= 4 is 16.9 Å². The number of nitrogens with zero attached hydrogens (tertiary/aromatic N) is 4. The SMILES string of the molecule is Cn1ncc2c(NC(c3cccc(C(F)(F)F)c3)C3CC3)ncnc21. The molecule has 1 aliphatic carbocycles. The Morgan fingerprint density at radius 2 is 2.04 bits per heavy atom. The van der Waals surface area contributed by atoms with Gasteiger partial charge in [-0.05, 0) is 36.5 Å². The summed E-state index contributed by atoms with van der Waals surface area (Å²) in [6, 6.07) is 5.28. The quantitative estimate of drug-likeness (QED) is 0.777. The van der Waals surface area contributed by atoms with E-state index in [1.807, 2.05) is 0 Å². The van der Waals surface area contributed by atoms with Crippen LogP contribution in [-0.4, -0.2) is 19.7 Å². The zero-order valence-electron chi connectivity index (χ0n) is 13.5. The predicted molar refractivity (Wildman–Crippen MR) is 86.8 cm³/mol. The lowest BCUT2D eigenvalue weighted by atomic mass is 9.99. The Kier molecular flexibility index (Phi) is 3.63. The number of hydrogen-bond donors (Lipinski definition) is 1. The minimum Gasteiger partial charge on any atom is -0.362 e. The maximum Gasteiger partial charge on any atom is 0.416 e. The number of aromatic nitrogens is 4. The molecule has 0 radical (unpaired) electrons. The van der Waals surface area contributed by atoms with Crippen LogP contribution in [0.15, 0.2) is 36.8 Å². The molecule has 1 saturated carbocycles. The Morgan fingerprint density at radius 1 is 1.24 bits per heavy atom. The minimum atomic E-state index is -4.35. The van der Waals surface area contributed by atoms with E-state index in [9.17, 15) is 13.2 Å². The van der Waals surface area contributed by atoms with Gasteiger partial charge < -0.3 is 5.32 Å². The molecule has 130 valence electrons. The molecule has 0 spiro atoms. The monoisotopic (exact) mass is 347 g/mol. The average Bonchev–Trinajstić information content (AvgIpc) is 3.35. The highest BCUT2D eigenvalue weighted by molar-refractivity contribution is 5.86. The lowest BCUT2D eigenvalue weighted by Gasteiger charge is -2.21. The second-order valence-corrected chi connectivity index (χ2v) is 6.31. The summed E-state index contributed by atoms with van der Waals surface area (Å²) in [7, 11) is 1.78. The van der Waals surface area contributed by atoms with Gasteiger partial charge in [0.2, 0.25) is 0 Å². The molecule has 1 aliphatic rings. The first-order valence-electron chi connectivity index (χ1n) is 8.00. The standard InChI is InChI=1S/C17H16F3N5/c1-25-16-13(8-23-25)15(21-9-22-16)24-14(10-5-6-10)11-3-2-4-12(7-11)17(18,19)20/h2-4,7-10,14H,5-6H2,1H3,(H,21,22,24). The van der Waals surface area contributed by atoms with Crippen LogP contribution < -0.4 is 5.32 Å². The van der Waals surface area contributed by atoms with Gasteiger partial charge in [-0.1, -0.05) is 12.1 Å². The van der Waals surface area contributed by atoms with Crippen LogP contribution in [0.25, 0.3) is 11.0 Å². The van der Waals surface area contributed by atoms with Crippen molar-refractivity contribution in [2.24, 2.45) is 13.0 Å². The van der Waals surface area contributed by atoms with Gasteiger partial charge in [0.1, 0.15) is 12.1 Å². The van der Waals surface area contributed by atoms with Crippen LogP contribution in [0.2, 0.25) is 0 Å². The Hall–Kier alpha value is -2.64. The molecule has 0 amide bonds. The molecule has 0 saturated heterocycles. The number of hydrogen-bond acceptors (Lipinski definition) is 4. The number of rotatable bonds is 4. The van der Waals surface area contributed by atoms with Crippen molar-refractivity contribution in [2.45, 2.75) is 25.1 Å². The van der Waals surface area contributed by atoms with E-state index in [4.69, 9.17) is 0 Å². The number of alkyl halides is 3. The minimum absolute atomic E-state index is 0.222. The Bertz CT molecular complexity index is 914. The van der Waals surface area contributed by atoms with E-state index < -0.39 is 11.7 Å². The molecule has 0 bridgehead atoms. The van der Waals surface area contributed by atoms with Gasteiger partial charge in [-0.25, -0.2) is 9.97 Å². The maximum atomic E-state index is 13.0. The molecule has 1 aromatic carbocycles. The van der Waals surface area contributed by atoms with E-state index in [0.29, 0.717) is 22.9 Å². The molecule has 3 aromatic rings. The van der Waals surface area contributed by atoms with Crippen molar-refractivity contribution in [3.05, 3.63) is 47.9 Å². The van der Waals surface area contributed by atoms with Crippen molar-refractivity contribution in [3.8, 4) is 0 Å². The summed E-state index contributed by atoms with van der Waals surface area (Å²) in [6.07, 6.45) is 0.705. The summed E-state index contributed by atoms with van der Waals surface area (Å²) in [4.78, 5) is 8.46. The summed E-state index contributed by atoms with van der Waals surface area (Å²) in [5.41, 5.74) is 0.663. The van der Waals surface area contributed by atoms with E-state index in [0.717, 1.165) is 24.3 Å². The number of nitrogens with one attached hydrogen (secondary N) is 1. The average molecular weight is 347 g/mol. The Balaban J connectivity index is 1.71. The molecule has 1 atom stereocenters. The molecule has 2 aromatic heterocycles. The van der Waals surface area contributed by atoms with Gasteiger partial charge in [-0.2, -0.15) is 18.3 Å². The van der Waals surface area contributed by atoms with Gasteiger partial charge in [-0.3, -0.25) is 4.68 Å². The van der Waals surface area contributed by atoms with Crippen molar-refractivity contribution in [1.29, 1.82) is 0 Å². The van der Waals surface area contributed by atoms with Gasteiger partial charge in [0, 0.05) is 7.05 Å². The number of benzene rings is 1. The third-order valence-corrected chi connectivity index (χ3v) is 4.49. The molecular weight excluding hydrogens is 331 g/mol. The van der Waals surface area contributed by atoms with E-state index in [-0.39, 0.29) is 6.04 Å². The highest BCUT2D eigenvalue weighted by atomic mass is 19.4. The zero-order valence-corrected chi connectivity index (χ0v) is 13.5. The Labute approximate surface area is 141 Å². The smallest absolute Gasteiger partial charge is 0.362 e. The van der Waals surface area contributed by atoms with Gasteiger partial charge in [0.05, 0.1) is 23.2 Å². The van der Waals surface area contributed by atoms with Crippen LogP contribution in [0.1, 0.15) is 30.0 Å². The normalized spacial score (nSPS) is 16.2. The topological polar surface area (TPSA) is 55.6 Å². The maximum absolute atomic E-state index is 13.0. The van der Waals surface area contributed by atoms with Gasteiger partial charge in [0.15, 0.2) is 5.65 Å². The van der Waals surface area contributed by atoms with Gasteiger partial charge in [-0.15, -0.1) is 0 Å². The van der Waals surface area contributed by atoms with Gasteiger partial charge >= 0.3 is 6.18 Å². The first-order valence-corrected chi connectivity index (χ1v) is 8.00. The number of fused-ring (bicyclic) bond motifs is 1. The van der Waals surface area contributed by atoms with Gasteiger partial charge in [0.25, 0.3) is 0 Å². The fourth-order valence-electron chi connectivity index (χ4n) is 3.04. The first kappa shape index (κ1) is 15.9. The fraction of sp³-hybridized carbons (Fsp3) is 0.353. The van der Waals surface area contributed by atoms with Crippen molar-refractivity contribution in [3.63, 3.8) is 0 Å². The molecule has 4 rings (SSSR count). The second kappa shape index (κ2) is 5.72. The summed E-state index contributed by atoms with van der Waals surface area (Å²) in [5, 5.41) is 8.24. The lowest BCUT2D eigenvalue weighted by molar-refractivity contribution is -0.137. The predicted octanol–water partition coefficient (Wildman–Crippen LogP) is 3.95. The second-order valence-electron chi connectivity index (χ2n) is 6.31. The molecule has 0 aliphatic heterocycles. The highest BCUT2D eigenvalue weighted by Gasteiger charge is 2.35. The molecule has 8 heteroatoms. The van der Waals surface area contributed by atoms with Crippen LogP contribution in [-0.2, 0) is 13.2 Å². The zero-order chi connectivity index (χ0) is 17.6. The summed E-state index contributed by atoms with van der Waals surface area (Å²) in [5.74, 6) is 0.887. The third kappa shape index (κ3) is 3.04. The van der Waals surface area contributed by atoms with E-state index in [1.165, 1.54) is 18.5 Å². The van der Waals surface area contributed by atoms with Crippen LogP contribution >= 0.6 is 0 Å². The number of aryl methyl sites for hydroxylation is 1. The van der Waals surface area contributed by atoms with Crippen LogP contribution in [0.5, 0.6) is 0 Å². The lowest BCUT2D eigenvalue weighted by Crippen LogP contribution is -2.15. The fourth-order valence-corrected chi connectivity index (χ4v) is 3.04. The van der Waals surface area contributed by atoms with Crippen molar-refractivity contribution in [2.75, 3.05) is 5.32 Å². The molecule has 1 N–H and O–H groups in total. The van der Waals surface area contributed by atoms with Crippen molar-refractivity contribution < 1.29 is 13.2 Å². The first-order chi connectivity index (χ1) is 11.9. The molecule has 25 heavy (non-hydrogen) atoms. The molecule has 1 fully saturated rings. The van der Waals surface area contributed by atoms with Crippen LogP contribution in [0, 0.1) is 5.92 Å². The third-order valence-electron chi connectivity index (χ3n) is 4.49. The largest absolute Gasteiger partial charge is 0.416 e. The molecular formula is C17H16F3N5. The van der Waals surface area contributed by atoms with Crippen LogP contribution in [0.3, 0.4) is 0 Å². The highest BCUT2D eigenvalue weighted by Crippen LogP contribution is 2.44. The summed E-state index contributed by atoms with van der Waals surface area (Å²) in [6.45, 7) is 0. The summed E-state index contributed by atoms with van der Waals surface area (Å²) < 4.78 is 40.7. The molecule has 1 unspecified atom stereocenters. The van der Waals surface area contributed by atoms with E-state index in [1.54, 1.807) is 24.0 Å². The van der Waals surface area contributed by atoms with E-state index >= 15 is 0 Å². The van der Waals surface area contributed by atoms with Crippen molar-refractivity contribution in [1.82, 2.24) is 19.7 Å². The molecule has 2 heterocycles. The molecule has 5 nitrogen and oxygen atoms in total. The Morgan fingerprint density at radius 3 is 2.76 bits per heavy atom.